The van der Waals surface area contributed by atoms with Crippen LogP contribution in [0.2, 0.25) is 0 Å². The third-order valence-electron chi connectivity index (χ3n) is 2.94. The fourth-order valence-corrected chi connectivity index (χ4v) is 1.95. The van der Waals surface area contributed by atoms with Crippen molar-refractivity contribution < 1.29 is 9.59 Å². The lowest BCUT2D eigenvalue weighted by atomic mass is 10.1. The number of nitrogens with one attached hydrogen (secondary N) is 2. The average Bonchev–Trinajstić information content (AvgIpc) is 2.30. The maximum absolute atomic E-state index is 11.4. The second kappa shape index (κ2) is 11.7. The minimum absolute atomic E-state index is 0.154. The zero-order valence-corrected chi connectivity index (χ0v) is 13.6. The summed E-state index contributed by atoms with van der Waals surface area (Å²) < 4.78 is 0. The van der Waals surface area contributed by atoms with Gasteiger partial charge in [-0.3, -0.25) is 9.59 Å². The summed E-state index contributed by atoms with van der Waals surface area (Å²) in [6.45, 7) is 9.73. The van der Waals surface area contributed by atoms with Crippen LogP contribution in [0.15, 0.2) is 0 Å². The van der Waals surface area contributed by atoms with Gasteiger partial charge in [0.15, 0.2) is 0 Å². The SMILES string of the molecule is CC(C)CC(=O)NCCCCCCNC(=O)CC(C)C. The summed E-state index contributed by atoms with van der Waals surface area (Å²) in [5.74, 6) is 1.15. The fraction of sp³-hybridized carbons (Fsp3) is 0.875. The molecule has 0 aromatic carbocycles. The van der Waals surface area contributed by atoms with Gasteiger partial charge < -0.3 is 10.6 Å². The molecule has 0 saturated carbocycles. The molecule has 0 aromatic rings. The van der Waals surface area contributed by atoms with Crippen molar-refractivity contribution in [2.24, 2.45) is 11.8 Å². The molecule has 2 N–H and O–H groups in total. The maximum atomic E-state index is 11.4. The molecule has 0 spiro atoms. The van der Waals surface area contributed by atoms with E-state index in [1.165, 1.54) is 0 Å². The van der Waals surface area contributed by atoms with E-state index >= 15 is 0 Å². The van der Waals surface area contributed by atoms with E-state index in [1.54, 1.807) is 0 Å². The highest BCUT2D eigenvalue weighted by molar-refractivity contribution is 5.76. The van der Waals surface area contributed by atoms with E-state index in [0.717, 1.165) is 38.8 Å². The van der Waals surface area contributed by atoms with Crippen molar-refractivity contribution in [3.63, 3.8) is 0 Å². The number of amides is 2. The van der Waals surface area contributed by atoms with Crippen LogP contribution < -0.4 is 10.6 Å². The molecule has 0 fully saturated rings. The molecule has 4 heteroatoms. The highest BCUT2D eigenvalue weighted by Crippen LogP contribution is 2.01. The van der Waals surface area contributed by atoms with Crippen LogP contribution in [0.3, 0.4) is 0 Å². The van der Waals surface area contributed by atoms with Crippen molar-refractivity contribution in [1.82, 2.24) is 10.6 Å². The van der Waals surface area contributed by atoms with Crippen LogP contribution >= 0.6 is 0 Å². The summed E-state index contributed by atoms with van der Waals surface area (Å²) in [5, 5.41) is 5.87. The monoisotopic (exact) mass is 284 g/mol. The first-order valence-corrected chi connectivity index (χ1v) is 7.95. The molecule has 118 valence electrons. The second-order valence-corrected chi connectivity index (χ2v) is 6.31. The molecule has 0 bridgehead atoms. The molecule has 0 aliphatic carbocycles. The molecule has 0 aliphatic rings. The molecular weight excluding hydrogens is 252 g/mol. The van der Waals surface area contributed by atoms with Crippen LogP contribution in [-0.2, 0) is 9.59 Å². The molecule has 20 heavy (non-hydrogen) atoms. The molecule has 0 heterocycles. The lowest BCUT2D eigenvalue weighted by molar-refractivity contribution is -0.122. The standard InChI is InChI=1S/C16H32N2O2/c1-13(2)11-15(19)17-9-7-5-6-8-10-18-16(20)12-14(3)4/h13-14H,5-12H2,1-4H3,(H,17,19)(H,18,20). The number of hydrogen-bond donors (Lipinski definition) is 2. The Balaban J connectivity index is 3.29. The zero-order chi connectivity index (χ0) is 15.4. The van der Waals surface area contributed by atoms with Crippen molar-refractivity contribution in [2.75, 3.05) is 13.1 Å². The van der Waals surface area contributed by atoms with Gasteiger partial charge >= 0.3 is 0 Å². The molecule has 0 aliphatic heterocycles. The normalized spacial score (nSPS) is 10.9. The van der Waals surface area contributed by atoms with E-state index in [0.29, 0.717) is 24.7 Å². The molecule has 0 atom stereocenters. The van der Waals surface area contributed by atoms with E-state index in [1.807, 2.05) is 27.7 Å². The van der Waals surface area contributed by atoms with Crippen LogP contribution in [0.5, 0.6) is 0 Å². The van der Waals surface area contributed by atoms with Crippen molar-refractivity contribution in [1.29, 1.82) is 0 Å². The first-order chi connectivity index (χ1) is 9.41. The highest BCUT2D eigenvalue weighted by Gasteiger charge is 2.04. The number of rotatable bonds is 11. The van der Waals surface area contributed by atoms with Gasteiger partial charge in [-0.15, -0.1) is 0 Å². The minimum Gasteiger partial charge on any atom is -0.356 e. The second-order valence-electron chi connectivity index (χ2n) is 6.31. The Morgan fingerprint density at radius 1 is 0.700 bits per heavy atom. The molecule has 4 nitrogen and oxygen atoms in total. The van der Waals surface area contributed by atoms with Gasteiger partial charge in [-0.2, -0.15) is 0 Å². The van der Waals surface area contributed by atoms with Crippen molar-refractivity contribution in [3.05, 3.63) is 0 Å². The molecular formula is C16H32N2O2. The minimum atomic E-state index is 0.154. The lowest BCUT2D eigenvalue weighted by Crippen LogP contribution is -2.26. The van der Waals surface area contributed by atoms with Crippen LogP contribution in [0.25, 0.3) is 0 Å². The summed E-state index contributed by atoms with van der Waals surface area (Å²) in [4.78, 5) is 22.8. The van der Waals surface area contributed by atoms with E-state index in [2.05, 4.69) is 10.6 Å². The number of carbonyl (C=O) groups excluding carboxylic acids is 2. The first-order valence-electron chi connectivity index (χ1n) is 7.95. The smallest absolute Gasteiger partial charge is 0.220 e. The Morgan fingerprint density at radius 2 is 1.05 bits per heavy atom. The quantitative estimate of drug-likeness (QED) is 0.573. The van der Waals surface area contributed by atoms with Crippen molar-refractivity contribution in [3.8, 4) is 0 Å². The number of carbonyl (C=O) groups is 2. The van der Waals surface area contributed by atoms with Gasteiger partial charge in [-0.05, 0) is 24.7 Å². The summed E-state index contributed by atoms with van der Waals surface area (Å²) in [7, 11) is 0. The van der Waals surface area contributed by atoms with Gasteiger partial charge in [0.05, 0.1) is 0 Å². The van der Waals surface area contributed by atoms with Gasteiger partial charge in [0, 0.05) is 25.9 Å². The van der Waals surface area contributed by atoms with Crippen molar-refractivity contribution in [2.45, 2.75) is 66.2 Å². The Morgan fingerprint density at radius 3 is 1.35 bits per heavy atom. The highest BCUT2D eigenvalue weighted by atomic mass is 16.2. The Kier molecular flexibility index (Phi) is 11.1. The van der Waals surface area contributed by atoms with Gasteiger partial charge in [-0.1, -0.05) is 40.5 Å². The molecule has 0 rings (SSSR count). The maximum Gasteiger partial charge on any atom is 0.220 e. The van der Waals surface area contributed by atoms with Crippen LogP contribution in [0.1, 0.15) is 66.2 Å². The molecule has 0 radical (unpaired) electrons. The average molecular weight is 284 g/mol. The van der Waals surface area contributed by atoms with E-state index in [9.17, 15) is 9.59 Å². The Bertz CT molecular complexity index is 248. The molecule has 0 unspecified atom stereocenters. The van der Waals surface area contributed by atoms with E-state index in [4.69, 9.17) is 0 Å². The lowest BCUT2D eigenvalue weighted by Gasteiger charge is -2.08. The zero-order valence-electron chi connectivity index (χ0n) is 13.6. The van der Waals surface area contributed by atoms with Crippen LogP contribution in [-0.4, -0.2) is 24.9 Å². The van der Waals surface area contributed by atoms with E-state index in [-0.39, 0.29) is 11.8 Å². The fourth-order valence-electron chi connectivity index (χ4n) is 1.95. The largest absolute Gasteiger partial charge is 0.356 e. The third kappa shape index (κ3) is 13.4. The topological polar surface area (TPSA) is 58.2 Å². The van der Waals surface area contributed by atoms with E-state index < -0.39 is 0 Å². The summed E-state index contributed by atoms with van der Waals surface area (Å²) in [6, 6.07) is 0. The molecule has 0 aromatic heterocycles. The van der Waals surface area contributed by atoms with Gasteiger partial charge in [0.1, 0.15) is 0 Å². The van der Waals surface area contributed by atoms with Gasteiger partial charge in [0.25, 0.3) is 0 Å². The number of unbranched alkanes of at least 4 members (excludes halogenated alkanes) is 3. The van der Waals surface area contributed by atoms with Crippen LogP contribution in [0.4, 0.5) is 0 Å². The molecule has 2 amide bonds. The number of hydrogen-bond acceptors (Lipinski definition) is 2. The Labute approximate surface area is 124 Å². The van der Waals surface area contributed by atoms with Crippen LogP contribution in [0, 0.1) is 11.8 Å². The molecule has 0 saturated heterocycles. The van der Waals surface area contributed by atoms with Gasteiger partial charge in [-0.25, -0.2) is 0 Å². The first kappa shape index (κ1) is 18.9. The summed E-state index contributed by atoms with van der Waals surface area (Å²) in [6.07, 6.45) is 5.46. The third-order valence-corrected chi connectivity index (χ3v) is 2.94. The van der Waals surface area contributed by atoms with Gasteiger partial charge in [0.2, 0.25) is 11.8 Å². The van der Waals surface area contributed by atoms with Crippen molar-refractivity contribution >= 4 is 11.8 Å². The Hall–Kier alpha value is -1.06. The predicted octanol–water partition coefficient (Wildman–Crippen LogP) is 2.87. The summed E-state index contributed by atoms with van der Waals surface area (Å²) in [5.41, 5.74) is 0. The summed E-state index contributed by atoms with van der Waals surface area (Å²) >= 11 is 0. The predicted molar refractivity (Wildman–Crippen MR) is 83.4 cm³/mol.